The van der Waals surface area contributed by atoms with Gasteiger partial charge in [-0.05, 0) is 62.1 Å². The zero-order chi connectivity index (χ0) is 21.4. The van der Waals surface area contributed by atoms with Gasteiger partial charge in [0.2, 0.25) is 15.9 Å². The van der Waals surface area contributed by atoms with Crippen LogP contribution in [0.3, 0.4) is 0 Å². The van der Waals surface area contributed by atoms with Crippen LogP contribution in [-0.4, -0.2) is 40.3 Å². The number of nitrogens with zero attached hydrogens (tertiary/aromatic N) is 1. The third-order valence-corrected chi connectivity index (χ3v) is 5.62. The quantitative estimate of drug-likeness (QED) is 0.601. The van der Waals surface area contributed by atoms with Crippen LogP contribution in [0.2, 0.25) is 0 Å². The number of hydrogen-bond donors (Lipinski definition) is 1. The first-order valence-electron chi connectivity index (χ1n) is 9.68. The molecule has 0 aliphatic carbocycles. The van der Waals surface area contributed by atoms with Gasteiger partial charge in [0.05, 0.1) is 18.5 Å². The van der Waals surface area contributed by atoms with Crippen molar-refractivity contribution in [3.05, 3.63) is 59.2 Å². The summed E-state index contributed by atoms with van der Waals surface area (Å²) in [6.45, 7) is 6.94. The maximum atomic E-state index is 12.2. The highest BCUT2D eigenvalue weighted by molar-refractivity contribution is 7.92. The smallest absolute Gasteiger partial charge is 0.232 e. The molecule has 0 atom stereocenters. The van der Waals surface area contributed by atoms with E-state index in [1.165, 1.54) is 10.6 Å². The molecule has 29 heavy (non-hydrogen) atoms. The number of carbonyl (C=O) groups is 1. The van der Waals surface area contributed by atoms with E-state index in [4.69, 9.17) is 4.74 Å². The number of hydrogen-bond acceptors (Lipinski definition) is 4. The average Bonchev–Trinajstić information content (AvgIpc) is 2.61. The fraction of sp³-hybridized carbons (Fsp3) is 0.409. The maximum absolute atomic E-state index is 12.2. The van der Waals surface area contributed by atoms with Crippen LogP contribution in [0.5, 0.6) is 5.75 Å². The van der Waals surface area contributed by atoms with E-state index in [9.17, 15) is 13.2 Å². The van der Waals surface area contributed by atoms with Crippen molar-refractivity contribution in [3.8, 4) is 5.75 Å². The first kappa shape index (κ1) is 22.7. The van der Waals surface area contributed by atoms with Crippen LogP contribution in [0.1, 0.15) is 29.5 Å². The van der Waals surface area contributed by atoms with Crippen molar-refractivity contribution in [2.45, 2.75) is 33.6 Å². The molecule has 0 fully saturated rings. The van der Waals surface area contributed by atoms with Crippen molar-refractivity contribution in [3.63, 3.8) is 0 Å². The van der Waals surface area contributed by atoms with Gasteiger partial charge in [-0.15, -0.1) is 0 Å². The molecular weight excluding hydrogens is 388 g/mol. The molecule has 0 spiro atoms. The van der Waals surface area contributed by atoms with E-state index in [2.05, 4.69) is 11.4 Å². The van der Waals surface area contributed by atoms with Gasteiger partial charge in [0.25, 0.3) is 0 Å². The predicted octanol–water partition coefficient (Wildman–Crippen LogP) is 3.35. The van der Waals surface area contributed by atoms with Crippen molar-refractivity contribution in [1.29, 1.82) is 0 Å². The summed E-state index contributed by atoms with van der Waals surface area (Å²) in [4.78, 5) is 12.1. The Morgan fingerprint density at radius 1 is 1.07 bits per heavy atom. The summed E-state index contributed by atoms with van der Waals surface area (Å²) in [5.74, 6) is 0.672. The number of para-hydroxylation sites is 1. The number of amides is 1. The molecule has 7 heteroatoms. The standard InChI is InChI=1S/C22H30N2O4S/c1-17-14-18(2)16-20(15-17)28-13-11-23-22(25)10-7-12-24(29(4,26)27)21-9-6-5-8-19(21)3/h5-6,8-9,14-16H,7,10-13H2,1-4H3,(H,23,25). The number of aryl methyl sites for hydroxylation is 3. The van der Waals surface area contributed by atoms with Gasteiger partial charge in [-0.2, -0.15) is 0 Å². The van der Waals surface area contributed by atoms with Gasteiger partial charge in [-0.1, -0.05) is 24.3 Å². The number of carbonyl (C=O) groups excluding carboxylic acids is 1. The van der Waals surface area contributed by atoms with Gasteiger partial charge < -0.3 is 10.1 Å². The van der Waals surface area contributed by atoms with Crippen LogP contribution in [-0.2, 0) is 14.8 Å². The molecule has 0 saturated carbocycles. The van der Waals surface area contributed by atoms with Gasteiger partial charge in [-0.25, -0.2) is 8.42 Å². The van der Waals surface area contributed by atoms with Crippen molar-refractivity contribution in [2.24, 2.45) is 0 Å². The van der Waals surface area contributed by atoms with E-state index in [1.807, 2.05) is 51.1 Å². The fourth-order valence-electron chi connectivity index (χ4n) is 3.16. The third-order valence-electron chi connectivity index (χ3n) is 4.44. The van der Waals surface area contributed by atoms with Gasteiger partial charge >= 0.3 is 0 Å². The highest BCUT2D eigenvalue weighted by Gasteiger charge is 2.18. The molecule has 1 amide bonds. The van der Waals surface area contributed by atoms with E-state index in [1.54, 1.807) is 6.07 Å². The number of rotatable bonds is 10. The summed E-state index contributed by atoms with van der Waals surface area (Å²) in [5.41, 5.74) is 3.80. The van der Waals surface area contributed by atoms with Gasteiger partial charge in [0, 0.05) is 13.0 Å². The van der Waals surface area contributed by atoms with Crippen LogP contribution >= 0.6 is 0 Å². The molecule has 2 aromatic rings. The summed E-state index contributed by atoms with van der Waals surface area (Å²) >= 11 is 0. The zero-order valence-electron chi connectivity index (χ0n) is 17.6. The summed E-state index contributed by atoms with van der Waals surface area (Å²) in [6, 6.07) is 13.3. The Morgan fingerprint density at radius 2 is 1.72 bits per heavy atom. The van der Waals surface area contributed by atoms with Gasteiger partial charge in [0.15, 0.2) is 0 Å². The van der Waals surface area contributed by atoms with Crippen molar-refractivity contribution < 1.29 is 17.9 Å². The molecule has 0 radical (unpaired) electrons. The van der Waals surface area contributed by atoms with E-state index < -0.39 is 10.0 Å². The van der Waals surface area contributed by atoms with Crippen molar-refractivity contribution in [2.75, 3.05) is 30.3 Å². The minimum absolute atomic E-state index is 0.118. The fourth-order valence-corrected chi connectivity index (χ4v) is 4.18. The first-order chi connectivity index (χ1) is 13.7. The minimum atomic E-state index is -3.42. The second-order valence-electron chi connectivity index (χ2n) is 7.25. The average molecular weight is 419 g/mol. The van der Waals surface area contributed by atoms with Gasteiger partial charge in [0.1, 0.15) is 12.4 Å². The van der Waals surface area contributed by atoms with Crippen LogP contribution < -0.4 is 14.4 Å². The highest BCUT2D eigenvalue weighted by Crippen LogP contribution is 2.22. The molecular formula is C22H30N2O4S. The maximum Gasteiger partial charge on any atom is 0.232 e. The van der Waals surface area contributed by atoms with Gasteiger partial charge in [-0.3, -0.25) is 9.10 Å². The summed E-state index contributed by atoms with van der Waals surface area (Å²) < 4.78 is 31.4. The minimum Gasteiger partial charge on any atom is -0.492 e. The molecule has 6 nitrogen and oxygen atoms in total. The summed E-state index contributed by atoms with van der Waals surface area (Å²) in [7, 11) is -3.42. The van der Waals surface area contributed by atoms with E-state index in [0.29, 0.717) is 25.3 Å². The van der Waals surface area contributed by atoms with Crippen LogP contribution in [0.15, 0.2) is 42.5 Å². The van der Waals surface area contributed by atoms with Crippen molar-refractivity contribution in [1.82, 2.24) is 5.32 Å². The Hall–Kier alpha value is -2.54. The Labute approximate surface area is 173 Å². The number of nitrogens with one attached hydrogen (secondary N) is 1. The largest absolute Gasteiger partial charge is 0.492 e. The normalized spacial score (nSPS) is 11.2. The third kappa shape index (κ3) is 7.42. The predicted molar refractivity (Wildman–Crippen MR) is 117 cm³/mol. The Morgan fingerprint density at radius 3 is 2.34 bits per heavy atom. The Bertz CT molecular complexity index is 921. The van der Waals surface area contributed by atoms with Crippen LogP contribution in [0.25, 0.3) is 0 Å². The molecule has 158 valence electrons. The lowest BCUT2D eigenvalue weighted by atomic mass is 10.1. The van der Waals surface area contributed by atoms with E-state index in [-0.39, 0.29) is 18.9 Å². The SMILES string of the molecule is Cc1cc(C)cc(OCCNC(=O)CCCN(c2ccccc2C)S(C)(=O)=O)c1. The molecule has 0 bridgehead atoms. The monoisotopic (exact) mass is 418 g/mol. The molecule has 2 aromatic carbocycles. The Balaban J connectivity index is 1.77. The molecule has 0 saturated heterocycles. The molecule has 0 aliphatic heterocycles. The first-order valence-corrected chi connectivity index (χ1v) is 11.5. The second-order valence-corrected chi connectivity index (χ2v) is 9.15. The molecule has 0 aromatic heterocycles. The topological polar surface area (TPSA) is 75.7 Å². The molecule has 1 N–H and O–H groups in total. The second kappa shape index (κ2) is 10.3. The summed E-state index contributed by atoms with van der Waals surface area (Å²) in [5, 5.41) is 2.81. The zero-order valence-corrected chi connectivity index (χ0v) is 18.4. The Kier molecular flexibility index (Phi) is 8.08. The van der Waals surface area contributed by atoms with E-state index in [0.717, 1.165) is 22.4 Å². The van der Waals surface area contributed by atoms with Crippen LogP contribution in [0.4, 0.5) is 5.69 Å². The van der Waals surface area contributed by atoms with E-state index >= 15 is 0 Å². The lowest BCUT2D eigenvalue weighted by molar-refractivity contribution is -0.121. The van der Waals surface area contributed by atoms with Crippen molar-refractivity contribution >= 4 is 21.6 Å². The molecule has 0 aliphatic rings. The molecule has 0 heterocycles. The lowest BCUT2D eigenvalue weighted by Gasteiger charge is -2.24. The summed E-state index contributed by atoms with van der Waals surface area (Å²) in [6.07, 6.45) is 1.87. The molecule has 0 unspecified atom stereocenters. The lowest BCUT2D eigenvalue weighted by Crippen LogP contribution is -2.33. The molecule has 2 rings (SSSR count). The number of anilines is 1. The highest BCUT2D eigenvalue weighted by atomic mass is 32.2. The number of sulfonamides is 1. The number of benzene rings is 2. The van der Waals surface area contributed by atoms with Crippen LogP contribution in [0, 0.1) is 20.8 Å². The number of ether oxygens (including phenoxy) is 1.